The van der Waals surface area contributed by atoms with Gasteiger partial charge < -0.3 is 5.73 Å². The largest absolute Gasteiger partial charge is 0.346 e. The smallest absolute Gasteiger partial charge is 0.327 e. The first-order valence-electron chi connectivity index (χ1n) is 6.36. The molecule has 5 nitrogen and oxygen atoms in total. The van der Waals surface area contributed by atoms with Gasteiger partial charge in [0.05, 0.1) is 12.9 Å². The number of aryl methyl sites for hydroxylation is 2. The second kappa shape index (κ2) is 7.16. The van der Waals surface area contributed by atoms with Gasteiger partial charge in [0.25, 0.3) is 0 Å². The van der Waals surface area contributed by atoms with Crippen LogP contribution in [0.2, 0.25) is 0 Å². The summed E-state index contributed by atoms with van der Waals surface area (Å²) in [5.74, 6) is 0. The molecule has 20 heavy (non-hydrogen) atoms. The van der Waals surface area contributed by atoms with Gasteiger partial charge in [-0.1, -0.05) is 0 Å². The molecule has 0 aliphatic heterocycles. The average Bonchev–Trinajstić information content (AvgIpc) is 3.08. The number of nitrogens with zero attached hydrogens (tertiary/aromatic N) is 3. The van der Waals surface area contributed by atoms with E-state index < -0.39 is 0 Å². The maximum Gasteiger partial charge on any atom is 0.346 e. The summed E-state index contributed by atoms with van der Waals surface area (Å²) in [7, 11) is 0. The maximum atomic E-state index is 12.5. The average molecular weight is 296 g/mol. The number of nitrogens with two attached hydrogens (primary N) is 1. The predicted octanol–water partition coefficient (Wildman–Crippen LogP) is 1.55. The lowest BCUT2D eigenvalue weighted by Gasteiger charge is -2.02. The Morgan fingerprint density at radius 1 is 1.55 bits per heavy atom. The Hall–Kier alpha value is -1.73. The van der Waals surface area contributed by atoms with E-state index in [4.69, 9.17) is 5.73 Å². The fourth-order valence-corrected chi connectivity index (χ4v) is 2.56. The molecule has 2 aromatic heterocycles. The van der Waals surface area contributed by atoms with Crippen LogP contribution in [0.25, 0.3) is 0 Å². The lowest BCUT2D eigenvalue weighted by atomic mass is 10.2. The lowest BCUT2D eigenvalue weighted by molar-refractivity contribution is 0.580. The highest BCUT2D eigenvalue weighted by molar-refractivity contribution is 7.07. The van der Waals surface area contributed by atoms with Crippen molar-refractivity contribution < 1.29 is 4.39 Å². The topological polar surface area (TPSA) is 65.8 Å². The quantitative estimate of drug-likeness (QED) is 0.843. The van der Waals surface area contributed by atoms with E-state index in [2.05, 4.69) is 16.5 Å². The third kappa shape index (κ3) is 3.64. The standard InChI is InChI=1S/C13H17FN4OS/c14-6-12(7-15)8-18-13(19)17(10-16-18)4-1-2-11-3-5-20-9-11/h3,5-6,9-10H,1-2,4,7-8,15H2/b12-6+. The normalized spacial score (nSPS) is 12.0. The molecule has 0 atom stereocenters. The molecule has 7 heteroatoms. The lowest BCUT2D eigenvalue weighted by Crippen LogP contribution is -2.26. The summed E-state index contributed by atoms with van der Waals surface area (Å²) in [6, 6.07) is 2.08. The van der Waals surface area contributed by atoms with Crippen LogP contribution in [0.5, 0.6) is 0 Å². The van der Waals surface area contributed by atoms with Crippen LogP contribution < -0.4 is 11.4 Å². The van der Waals surface area contributed by atoms with E-state index in [0.29, 0.717) is 18.4 Å². The van der Waals surface area contributed by atoms with Crippen LogP contribution in [0.1, 0.15) is 12.0 Å². The van der Waals surface area contributed by atoms with Crippen LogP contribution in [-0.2, 0) is 19.5 Å². The van der Waals surface area contributed by atoms with Gasteiger partial charge >= 0.3 is 5.69 Å². The molecule has 0 aromatic carbocycles. The molecule has 0 fully saturated rings. The molecule has 0 aliphatic carbocycles. The Kier molecular flexibility index (Phi) is 5.25. The molecule has 0 radical (unpaired) electrons. The molecule has 0 saturated heterocycles. The molecular formula is C13H17FN4OS. The number of rotatable bonds is 7. The molecule has 2 heterocycles. The van der Waals surface area contributed by atoms with E-state index in [0.717, 1.165) is 12.8 Å². The zero-order valence-electron chi connectivity index (χ0n) is 11.0. The third-order valence-electron chi connectivity index (χ3n) is 3.01. The van der Waals surface area contributed by atoms with Crippen LogP contribution in [0.3, 0.4) is 0 Å². The van der Waals surface area contributed by atoms with Crippen molar-refractivity contribution in [2.45, 2.75) is 25.9 Å². The highest BCUT2D eigenvalue weighted by atomic mass is 32.1. The van der Waals surface area contributed by atoms with Crippen molar-refractivity contribution in [3.05, 3.63) is 51.1 Å². The van der Waals surface area contributed by atoms with E-state index in [1.54, 1.807) is 15.9 Å². The van der Waals surface area contributed by atoms with Crippen molar-refractivity contribution >= 4 is 11.3 Å². The van der Waals surface area contributed by atoms with Crippen molar-refractivity contribution in [2.24, 2.45) is 5.73 Å². The van der Waals surface area contributed by atoms with Gasteiger partial charge in [-0.3, -0.25) is 4.57 Å². The Bertz CT molecular complexity index is 615. The Labute approximate surface area is 120 Å². The fourth-order valence-electron chi connectivity index (χ4n) is 1.86. The number of aromatic nitrogens is 3. The van der Waals surface area contributed by atoms with Gasteiger partial charge in [-0.15, -0.1) is 0 Å². The van der Waals surface area contributed by atoms with Gasteiger partial charge in [-0.05, 0) is 40.8 Å². The molecule has 0 spiro atoms. The van der Waals surface area contributed by atoms with Crippen LogP contribution in [0.15, 0.2) is 39.9 Å². The fraction of sp³-hybridized carbons (Fsp3) is 0.385. The molecule has 0 saturated carbocycles. The second-order valence-corrected chi connectivity index (χ2v) is 5.25. The molecule has 2 rings (SSSR count). The third-order valence-corrected chi connectivity index (χ3v) is 3.74. The van der Waals surface area contributed by atoms with Gasteiger partial charge in [-0.25, -0.2) is 13.9 Å². The Morgan fingerprint density at radius 3 is 3.05 bits per heavy atom. The van der Waals surface area contributed by atoms with Crippen LogP contribution in [-0.4, -0.2) is 20.9 Å². The minimum atomic E-state index is -0.233. The Morgan fingerprint density at radius 2 is 2.40 bits per heavy atom. The summed E-state index contributed by atoms with van der Waals surface area (Å²) < 4.78 is 15.2. The van der Waals surface area contributed by atoms with Crippen molar-refractivity contribution in [1.29, 1.82) is 0 Å². The summed E-state index contributed by atoms with van der Waals surface area (Å²) in [6.45, 7) is 0.781. The van der Waals surface area contributed by atoms with Crippen molar-refractivity contribution in [3.8, 4) is 0 Å². The molecule has 2 N–H and O–H groups in total. The SMILES string of the molecule is NC/C(=C\F)Cn1ncn(CCCc2ccsc2)c1=O. The number of hydrogen-bond donors (Lipinski definition) is 1. The van der Waals surface area contributed by atoms with E-state index in [1.165, 1.54) is 16.6 Å². The van der Waals surface area contributed by atoms with Gasteiger partial charge in [0.15, 0.2) is 0 Å². The van der Waals surface area contributed by atoms with Gasteiger partial charge in [0.2, 0.25) is 0 Å². The first-order valence-corrected chi connectivity index (χ1v) is 7.30. The monoisotopic (exact) mass is 296 g/mol. The number of hydrogen-bond acceptors (Lipinski definition) is 4. The predicted molar refractivity (Wildman–Crippen MR) is 77.4 cm³/mol. The summed E-state index contributed by atoms with van der Waals surface area (Å²) in [6.07, 6.45) is 3.72. The second-order valence-electron chi connectivity index (χ2n) is 4.47. The van der Waals surface area contributed by atoms with Crippen LogP contribution in [0, 0.1) is 0 Å². The molecule has 2 aromatic rings. The Balaban J connectivity index is 1.93. The first kappa shape index (κ1) is 14.7. The van der Waals surface area contributed by atoms with Crippen molar-refractivity contribution in [3.63, 3.8) is 0 Å². The highest BCUT2D eigenvalue weighted by Crippen LogP contribution is 2.08. The zero-order valence-corrected chi connectivity index (χ0v) is 11.9. The highest BCUT2D eigenvalue weighted by Gasteiger charge is 2.06. The number of thiophene rings is 1. The van der Waals surface area contributed by atoms with E-state index >= 15 is 0 Å². The summed E-state index contributed by atoms with van der Waals surface area (Å²) in [5.41, 5.74) is 6.75. The summed E-state index contributed by atoms with van der Waals surface area (Å²) in [4.78, 5) is 12.0. The molecule has 108 valence electrons. The van der Waals surface area contributed by atoms with Crippen LogP contribution >= 0.6 is 11.3 Å². The van der Waals surface area contributed by atoms with Gasteiger partial charge in [0, 0.05) is 13.1 Å². The molecule has 0 amide bonds. The van der Waals surface area contributed by atoms with Gasteiger partial charge in [-0.2, -0.15) is 16.4 Å². The van der Waals surface area contributed by atoms with Crippen LogP contribution in [0.4, 0.5) is 4.39 Å². The molecule has 0 unspecified atom stereocenters. The molecule has 0 bridgehead atoms. The van der Waals surface area contributed by atoms with Gasteiger partial charge in [0.1, 0.15) is 6.33 Å². The first-order chi connectivity index (χ1) is 9.74. The summed E-state index contributed by atoms with van der Waals surface area (Å²) >= 11 is 1.67. The van der Waals surface area contributed by atoms with Crippen molar-refractivity contribution in [1.82, 2.24) is 14.3 Å². The minimum Gasteiger partial charge on any atom is -0.327 e. The molecule has 0 aliphatic rings. The summed E-state index contributed by atoms with van der Waals surface area (Å²) in [5, 5.41) is 8.12. The minimum absolute atomic E-state index is 0.0773. The number of halogens is 1. The van der Waals surface area contributed by atoms with E-state index in [-0.39, 0.29) is 18.8 Å². The zero-order chi connectivity index (χ0) is 14.4. The molecular weight excluding hydrogens is 279 g/mol. The maximum absolute atomic E-state index is 12.5. The van der Waals surface area contributed by atoms with E-state index in [9.17, 15) is 9.18 Å². The van der Waals surface area contributed by atoms with Crippen molar-refractivity contribution in [2.75, 3.05) is 6.54 Å². The van der Waals surface area contributed by atoms with E-state index in [1.807, 2.05) is 5.38 Å².